The lowest BCUT2D eigenvalue weighted by Crippen LogP contribution is -2.42. The first-order valence-corrected chi connectivity index (χ1v) is 9.02. The van der Waals surface area contributed by atoms with Crippen molar-refractivity contribution < 1.29 is 18.7 Å². The van der Waals surface area contributed by atoms with E-state index < -0.39 is 12.1 Å². The third-order valence-electron chi connectivity index (χ3n) is 4.79. The zero-order chi connectivity index (χ0) is 18.7. The topological polar surface area (TPSA) is 68.3 Å². The maximum Gasteiger partial charge on any atom is 0.340 e. The van der Waals surface area contributed by atoms with Crippen molar-refractivity contribution in [1.82, 2.24) is 10.3 Å². The van der Waals surface area contributed by atoms with Gasteiger partial charge in [0.25, 0.3) is 5.91 Å². The van der Waals surface area contributed by atoms with Gasteiger partial charge in [-0.1, -0.05) is 19.3 Å². The SMILES string of the molecule is Cc1nc2cc(F)ccc2cc1C(=O)OC(C)C(=O)NC1CCCCC1. The zero-order valence-electron chi connectivity index (χ0n) is 15.0. The second kappa shape index (κ2) is 7.81. The van der Waals surface area contributed by atoms with Gasteiger partial charge < -0.3 is 10.1 Å². The highest BCUT2D eigenvalue weighted by Crippen LogP contribution is 2.20. The van der Waals surface area contributed by atoms with E-state index in [2.05, 4.69) is 10.3 Å². The molecule has 1 atom stereocenters. The highest BCUT2D eigenvalue weighted by atomic mass is 19.1. The van der Waals surface area contributed by atoms with Crippen molar-refractivity contribution >= 4 is 22.8 Å². The summed E-state index contributed by atoms with van der Waals surface area (Å²) in [6, 6.07) is 5.97. The third kappa shape index (κ3) is 4.18. The summed E-state index contributed by atoms with van der Waals surface area (Å²) >= 11 is 0. The summed E-state index contributed by atoms with van der Waals surface area (Å²) in [6.45, 7) is 3.23. The van der Waals surface area contributed by atoms with Crippen molar-refractivity contribution in [1.29, 1.82) is 0 Å². The summed E-state index contributed by atoms with van der Waals surface area (Å²) in [5.41, 5.74) is 1.19. The number of ether oxygens (including phenoxy) is 1. The number of nitrogens with one attached hydrogen (secondary N) is 1. The van der Waals surface area contributed by atoms with E-state index in [1.165, 1.54) is 18.6 Å². The number of hydrogen-bond donors (Lipinski definition) is 1. The van der Waals surface area contributed by atoms with E-state index in [4.69, 9.17) is 4.74 Å². The van der Waals surface area contributed by atoms with Crippen LogP contribution in [0.5, 0.6) is 0 Å². The van der Waals surface area contributed by atoms with Gasteiger partial charge >= 0.3 is 5.97 Å². The average molecular weight is 358 g/mol. The Kier molecular flexibility index (Phi) is 5.49. The van der Waals surface area contributed by atoms with Crippen molar-refractivity contribution in [3.63, 3.8) is 0 Å². The first kappa shape index (κ1) is 18.3. The number of hydrogen-bond acceptors (Lipinski definition) is 4. The van der Waals surface area contributed by atoms with Crippen LogP contribution in [0, 0.1) is 12.7 Å². The lowest BCUT2D eigenvalue weighted by Gasteiger charge is -2.24. The molecule has 1 aromatic carbocycles. The van der Waals surface area contributed by atoms with Crippen LogP contribution >= 0.6 is 0 Å². The molecule has 1 N–H and O–H groups in total. The molecule has 1 aliphatic rings. The van der Waals surface area contributed by atoms with Crippen LogP contribution in [0.2, 0.25) is 0 Å². The largest absolute Gasteiger partial charge is 0.449 e. The van der Waals surface area contributed by atoms with Gasteiger partial charge in [-0.25, -0.2) is 9.18 Å². The van der Waals surface area contributed by atoms with Crippen LogP contribution < -0.4 is 5.32 Å². The van der Waals surface area contributed by atoms with Crippen molar-refractivity contribution in [2.24, 2.45) is 0 Å². The number of rotatable bonds is 4. The van der Waals surface area contributed by atoms with E-state index >= 15 is 0 Å². The van der Waals surface area contributed by atoms with Crippen molar-refractivity contribution in [2.75, 3.05) is 0 Å². The minimum Gasteiger partial charge on any atom is -0.449 e. The number of aryl methyl sites for hydroxylation is 1. The summed E-state index contributed by atoms with van der Waals surface area (Å²) in [5, 5.41) is 3.59. The molecule has 1 saturated carbocycles. The molecule has 6 heteroatoms. The van der Waals surface area contributed by atoms with Gasteiger partial charge in [-0.05, 0) is 44.9 Å². The lowest BCUT2D eigenvalue weighted by molar-refractivity contribution is -0.130. The van der Waals surface area contributed by atoms with Crippen LogP contribution in [0.15, 0.2) is 24.3 Å². The molecule has 3 rings (SSSR count). The lowest BCUT2D eigenvalue weighted by atomic mass is 9.95. The minimum absolute atomic E-state index is 0.163. The Bertz CT molecular complexity index is 831. The molecule has 2 aromatic rings. The molecule has 1 aliphatic carbocycles. The molecule has 1 unspecified atom stereocenters. The molecule has 0 spiro atoms. The first-order chi connectivity index (χ1) is 12.4. The molecule has 5 nitrogen and oxygen atoms in total. The fourth-order valence-electron chi connectivity index (χ4n) is 3.29. The van der Waals surface area contributed by atoms with Gasteiger partial charge in [0.05, 0.1) is 16.8 Å². The van der Waals surface area contributed by atoms with E-state index in [1.807, 2.05) is 0 Å². The molecule has 0 saturated heterocycles. The Balaban J connectivity index is 1.68. The van der Waals surface area contributed by atoms with Crippen LogP contribution in [0.3, 0.4) is 0 Å². The summed E-state index contributed by atoms with van der Waals surface area (Å²) < 4.78 is 18.6. The molecule has 0 aliphatic heterocycles. The number of nitrogens with zero attached hydrogens (tertiary/aromatic N) is 1. The van der Waals surface area contributed by atoms with E-state index in [0.717, 1.165) is 25.7 Å². The van der Waals surface area contributed by atoms with Crippen LogP contribution in [0.4, 0.5) is 4.39 Å². The molecule has 1 fully saturated rings. The number of pyridine rings is 1. The smallest absolute Gasteiger partial charge is 0.340 e. The minimum atomic E-state index is -0.882. The summed E-state index contributed by atoms with van der Waals surface area (Å²) in [5.74, 6) is -1.26. The molecular formula is C20H23FN2O3. The monoisotopic (exact) mass is 358 g/mol. The molecule has 26 heavy (non-hydrogen) atoms. The number of aromatic nitrogens is 1. The maximum absolute atomic E-state index is 13.3. The van der Waals surface area contributed by atoms with Crippen LogP contribution in [0.25, 0.3) is 10.9 Å². The standard InChI is InChI=1S/C20H23FN2O3/c1-12-17(10-14-8-9-15(21)11-18(14)22-12)20(25)26-13(2)19(24)23-16-6-4-3-5-7-16/h8-11,13,16H,3-7H2,1-2H3,(H,23,24). The fourth-order valence-corrected chi connectivity index (χ4v) is 3.29. The number of benzene rings is 1. The van der Waals surface area contributed by atoms with E-state index in [9.17, 15) is 14.0 Å². The Morgan fingerprint density at radius 1 is 1.23 bits per heavy atom. The molecule has 1 amide bonds. The maximum atomic E-state index is 13.3. The number of carbonyl (C=O) groups is 2. The predicted molar refractivity (Wildman–Crippen MR) is 96.3 cm³/mol. The molecule has 0 radical (unpaired) electrons. The third-order valence-corrected chi connectivity index (χ3v) is 4.79. The highest BCUT2D eigenvalue weighted by molar-refractivity contribution is 5.96. The number of fused-ring (bicyclic) bond motifs is 1. The number of carbonyl (C=O) groups excluding carboxylic acids is 2. The van der Waals surface area contributed by atoms with Crippen molar-refractivity contribution in [3.8, 4) is 0 Å². The van der Waals surface area contributed by atoms with Gasteiger partial charge in [0.2, 0.25) is 0 Å². The molecular weight excluding hydrogens is 335 g/mol. The van der Waals surface area contributed by atoms with Crippen LogP contribution in [0.1, 0.15) is 55.1 Å². The predicted octanol–water partition coefficient (Wildman–Crippen LogP) is 3.68. The van der Waals surface area contributed by atoms with Gasteiger partial charge in [-0.3, -0.25) is 9.78 Å². The second-order valence-electron chi connectivity index (χ2n) is 6.85. The quantitative estimate of drug-likeness (QED) is 0.847. The summed E-state index contributed by atoms with van der Waals surface area (Å²) in [4.78, 5) is 29.0. The van der Waals surface area contributed by atoms with Gasteiger partial charge in [0.1, 0.15) is 5.82 Å². The van der Waals surface area contributed by atoms with Crippen molar-refractivity contribution in [3.05, 3.63) is 41.3 Å². The first-order valence-electron chi connectivity index (χ1n) is 9.02. The van der Waals surface area contributed by atoms with E-state index in [0.29, 0.717) is 16.6 Å². The number of esters is 1. The van der Waals surface area contributed by atoms with Crippen LogP contribution in [-0.2, 0) is 9.53 Å². The van der Waals surface area contributed by atoms with Gasteiger partial charge in [-0.2, -0.15) is 0 Å². The van der Waals surface area contributed by atoms with Gasteiger partial charge in [-0.15, -0.1) is 0 Å². The molecule has 138 valence electrons. The highest BCUT2D eigenvalue weighted by Gasteiger charge is 2.24. The Labute approximate surface area is 151 Å². The van der Waals surface area contributed by atoms with Gasteiger partial charge in [0, 0.05) is 17.5 Å². The Hall–Kier alpha value is -2.50. The molecule has 1 aromatic heterocycles. The number of amides is 1. The van der Waals surface area contributed by atoms with E-state index in [1.54, 1.807) is 26.0 Å². The molecule has 1 heterocycles. The van der Waals surface area contributed by atoms with Crippen LogP contribution in [-0.4, -0.2) is 29.0 Å². The second-order valence-corrected chi connectivity index (χ2v) is 6.85. The molecule has 0 bridgehead atoms. The Morgan fingerprint density at radius 3 is 2.69 bits per heavy atom. The van der Waals surface area contributed by atoms with Gasteiger partial charge in [0.15, 0.2) is 6.10 Å². The average Bonchev–Trinajstić information content (AvgIpc) is 2.61. The Morgan fingerprint density at radius 2 is 1.96 bits per heavy atom. The summed E-state index contributed by atoms with van der Waals surface area (Å²) in [6.07, 6.45) is 4.49. The normalized spacial score (nSPS) is 16.3. The fraction of sp³-hybridized carbons (Fsp3) is 0.450. The zero-order valence-corrected chi connectivity index (χ0v) is 15.0. The van der Waals surface area contributed by atoms with E-state index in [-0.39, 0.29) is 23.3 Å². The summed E-state index contributed by atoms with van der Waals surface area (Å²) in [7, 11) is 0. The number of halogens is 1. The van der Waals surface area contributed by atoms with Crippen molar-refractivity contribution in [2.45, 2.75) is 58.1 Å².